The molecule has 2 atom stereocenters. The first-order valence-electron chi connectivity index (χ1n) is 6.49. The van der Waals surface area contributed by atoms with Gasteiger partial charge in [0.2, 0.25) is 6.54 Å². The number of benzene rings is 1. The number of hydrogen-bond donors (Lipinski definition) is 0. The van der Waals surface area contributed by atoms with Gasteiger partial charge in [0.25, 0.3) is 0 Å². The summed E-state index contributed by atoms with van der Waals surface area (Å²) >= 11 is 3.38. The van der Waals surface area contributed by atoms with E-state index in [1.807, 2.05) is 23.1 Å². The summed E-state index contributed by atoms with van der Waals surface area (Å²) in [6, 6.07) is 5.52. The third kappa shape index (κ3) is 2.15. The van der Waals surface area contributed by atoms with Crippen LogP contribution >= 0.6 is 15.9 Å². The van der Waals surface area contributed by atoms with Gasteiger partial charge in [-0.3, -0.25) is 0 Å². The molecule has 0 aromatic heterocycles. The van der Waals surface area contributed by atoms with Crippen LogP contribution in [-0.4, -0.2) is 37.0 Å². The van der Waals surface area contributed by atoms with Gasteiger partial charge in [-0.25, -0.2) is 4.79 Å². The average Bonchev–Trinajstić information content (AvgIpc) is 2.65. The van der Waals surface area contributed by atoms with Crippen LogP contribution in [0.5, 0.6) is 0 Å². The Morgan fingerprint density at radius 3 is 2.95 bits per heavy atom. The number of fused-ring (bicyclic) bond motifs is 1. The van der Waals surface area contributed by atoms with E-state index in [9.17, 15) is 14.9 Å². The highest BCUT2D eigenvalue weighted by Gasteiger charge is 2.43. The van der Waals surface area contributed by atoms with Crippen LogP contribution in [0, 0.1) is 10.1 Å². The van der Waals surface area contributed by atoms with Gasteiger partial charge in [-0.2, -0.15) is 0 Å². The molecule has 1 saturated heterocycles. The minimum atomic E-state index is -0.488. The zero-order chi connectivity index (χ0) is 14.5. The van der Waals surface area contributed by atoms with Crippen molar-refractivity contribution in [3.8, 4) is 0 Å². The van der Waals surface area contributed by atoms with Crippen molar-refractivity contribution in [1.82, 2.24) is 4.65 Å². The van der Waals surface area contributed by atoms with Gasteiger partial charge >= 0.3 is 5.91 Å². The van der Waals surface area contributed by atoms with Gasteiger partial charge < -0.3 is 14.8 Å². The van der Waals surface area contributed by atoms with E-state index in [0.717, 1.165) is 10.2 Å². The molecule has 0 spiro atoms. The first kappa shape index (κ1) is 13.7. The number of carbonyl (C=O) groups is 1. The van der Waals surface area contributed by atoms with Gasteiger partial charge in [-0.1, -0.05) is 15.9 Å². The zero-order valence-corrected chi connectivity index (χ0v) is 12.7. The molecule has 0 bridgehead atoms. The lowest BCUT2D eigenvalue weighted by Crippen LogP contribution is -2.50. The Balaban J connectivity index is 1.94. The first-order valence-corrected chi connectivity index (χ1v) is 7.28. The Hall–Kier alpha value is -1.31. The number of halogens is 1. The Bertz CT molecular complexity index is 603. The number of nitrogens with zero attached hydrogens (tertiary/aromatic N) is 3. The molecule has 0 aliphatic carbocycles. The predicted octanol–water partition coefficient (Wildman–Crippen LogP) is 2.13. The number of carbonyl (C=O) groups excluding carboxylic acids is 1. The maximum Gasteiger partial charge on any atom is 0.433 e. The summed E-state index contributed by atoms with van der Waals surface area (Å²) < 4.78 is 0.890. The van der Waals surface area contributed by atoms with Crippen LogP contribution < -0.4 is 9.55 Å². The number of piperidine rings is 1. The largest absolute Gasteiger partial charge is 0.626 e. The number of amides is 1. The van der Waals surface area contributed by atoms with E-state index in [4.69, 9.17) is 0 Å². The lowest BCUT2D eigenvalue weighted by molar-refractivity contribution is -0.478. The summed E-state index contributed by atoms with van der Waals surface area (Å²) in [7, 11) is 1.61. The zero-order valence-electron chi connectivity index (χ0n) is 11.1. The number of anilines is 1. The Kier molecular flexibility index (Phi) is 3.15. The molecule has 1 aromatic rings. The highest BCUT2D eigenvalue weighted by atomic mass is 79.9. The van der Waals surface area contributed by atoms with E-state index in [-0.39, 0.29) is 31.6 Å². The topological polar surface area (TPSA) is 63.4 Å². The molecule has 106 valence electrons. The van der Waals surface area contributed by atoms with Gasteiger partial charge in [0, 0.05) is 15.4 Å². The lowest BCUT2D eigenvalue weighted by atomic mass is 10.1. The highest BCUT2D eigenvalue weighted by Crippen LogP contribution is 2.42. The van der Waals surface area contributed by atoms with Crippen LogP contribution in [0.3, 0.4) is 0 Å². The summed E-state index contributed by atoms with van der Waals surface area (Å²) in [4.78, 5) is 24.8. The van der Waals surface area contributed by atoms with Crippen molar-refractivity contribution in [2.75, 3.05) is 25.2 Å². The van der Waals surface area contributed by atoms with Crippen molar-refractivity contribution in [3.63, 3.8) is 0 Å². The van der Waals surface area contributed by atoms with Crippen LogP contribution in [0.2, 0.25) is 0 Å². The van der Waals surface area contributed by atoms with Gasteiger partial charge in [0.15, 0.2) is 12.4 Å². The molecule has 2 unspecified atom stereocenters. The molecule has 0 radical (unpaired) electrons. The molecule has 0 saturated carbocycles. The quantitative estimate of drug-likeness (QED) is 0.446. The van der Waals surface area contributed by atoms with Crippen molar-refractivity contribution in [2.45, 2.75) is 18.9 Å². The van der Waals surface area contributed by atoms with Crippen LogP contribution in [-0.2, 0) is 4.79 Å². The van der Waals surface area contributed by atoms with Crippen LogP contribution in [0.4, 0.5) is 11.4 Å². The Morgan fingerprint density at radius 1 is 1.50 bits per heavy atom. The van der Waals surface area contributed by atoms with Crippen molar-refractivity contribution in [3.05, 3.63) is 32.8 Å². The SMILES string of the molecule is C[N+]1([O-])CN(C2CCC(=O)[N+](=O)C2)c2ccc(Br)cc21. The minimum absolute atomic E-state index is 0.0842. The molecule has 2 heterocycles. The van der Waals surface area contributed by atoms with Crippen molar-refractivity contribution >= 4 is 33.2 Å². The summed E-state index contributed by atoms with van der Waals surface area (Å²) in [5, 5.41) is 12.6. The van der Waals surface area contributed by atoms with Crippen molar-refractivity contribution < 1.29 is 9.55 Å². The second kappa shape index (κ2) is 4.61. The normalized spacial score (nSPS) is 29.8. The van der Waals surface area contributed by atoms with Crippen LogP contribution in [0.25, 0.3) is 0 Å². The second-order valence-electron chi connectivity index (χ2n) is 5.49. The standard InChI is InChI=1S/C13H15BrN3O3/c1-17(20)8-15(10-3-5-13(18)16(19)7-10)11-4-2-9(14)6-12(11)17/h2,4,6,10H,3,5,7-8H2,1H3/q+1. The average molecular weight is 341 g/mol. The van der Waals surface area contributed by atoms with Crippen molar-refractivity contribution in [2.24, 2.45) is 0 Å². The monoisotopic (exact) mass is 340 g/mol. The predicted molar refractivity (Wildman–Crippen MR) is 79.1 cm³/mol. The Labute approximate surface area is 124 Å². The van der Waals surface area contributed by atoms with Gasteiger partial charge in [-0.15, -0.1) is 0 Å². The third-order valence-electron chi connectivity index (χ3n) is 3.97. The lowest BCUT2D eigenvalue weighted by Gasteiger charge is -2.35. The molecule has 1 aromatic carbocycles. The first-order chi connectivity index (χ1) is 9.38. The fraction of sp³-hybridized carbons (Fsp3) is 0.462. The number of hydroxylamine groups is 2. The van der Waals surface area contributed by atoms with E-state index < -0.39 is 4.65 Å². The summed E-state index contributed by atoms with van der Waals surface area (Å²) in [5.74, 6) is -0.365. The molecular weight excluding hydrogens is 326 g/mol. The van der Waals surface area contributed by atoms with Gasteiger partial charge in [0.1, 0.15) is 5.69 Å². The highest BCUT2D eigenvalue weighted by molar-refractivity contribution is 9.10. The third-order valence-corrected chi connectivity index (χ3v) is 4.46. The van der Waals surface area contributed by atoms with E-state index in [0.29, 0.717) is 16.9 Å². The summed E-state index contributed by atoms with van der Waals surface area (Å²) in [6.45, 7) is 0.410. The fourth-order valence-corrected chi connectivity index (χ4v) is 3.28. The molecule has 0 N–H and O–H groups in total. The minimum Gasteiger partial charge on any atom is -0.626 e. The molecule has 2 aliphatic heterocycles. The second-order valence-corrected chi connectivity index (χ2v) is 6.41. The Morgan fingerprint density at radius 2 is 2.25 bits per heavy atom. The number of rotatable bonds is 1. The molecule has 20 heavy (non-hydrogen) atoms. The van der Waals surface area contributed by atoms with Gasteiger partial charge in [0.05, 0.1) is 24.3 Å². The van der Waals surface area contributed by atoms with E-state index in [1.54, 1.807) is 7.05 Å². The van der Waals surface area contributed by atoms with Gasteiger partial charge in [-0.05, 0) is 18.6 Å². The van der Waals surface area contributed by atoms with E-state index in [1.165, 1.54) is 0 Å². The molecule has 3 rings (SSSR count). The number of nitroso groups, excluding NO2 is 1. The molecule has 2 aliphatic rings. The maximum atomic E-state index is 12.6. The van der Waals surface area contributed by atoms with Crippen molar-refractivity contribution in [1.29, 1.82) is 0 Å². The summed E-state index contributed by atoms with van der Waals surface area (Å²) in [6.07, 6.45) is 0.867. The molecule has 1 amide bonds. The van der Waals surface area contributed by atoms with Crippen LogP contribution in [0.15, 0.2) is 22.7 Å². The summed E-state index contributed by atoms with van der Waals surface area (Å²) in [5.41, 5.74) is 1.55. The number of hydrogen-bond acceptors (Lipinski definition) is 4. The number of quaternary nitrogens is 1. The maximum absolute atomic E-state index is 12.6. The smallest absolute Gasteiger partial charge is 0.433 e. The van der Waals surface area contributed by atoms with E-state index >= 15 is 0 Å². The molecule has 1 fully saturated rings. The molecular formula is C13H15BrN3O3+. The van der Waals surface area contributed by atoms with E-state index in [2.05, 4.69) is 15.9 Å². The fourth-order valence-electron chi connectivity index (χ4n) is 2.93. The molecule has 6 nitrogen and oxygen atoms in total. The van der Waals surface area contributed by atoms with Crippen LogP contribution in [0.1, 0.15) is 12.8 Å². The molecule has 7 heteroatoms.